The van der Waals surface area contributed by atoms with Crippen LogP contribution in [0.25, 0.3) is 0 Å². The van der Waals surface area contributed by atoms with Crippen molar-refractivity contribution in [2.45, 2.75) is 231 Å². The molecule has 17 heteroatoms. The molecule has 0 saturated carbocycles. The summed E-state index contributed by atoms with van der Waals surface area (Å²) in [5.74, 6) is 3.62. The lowest BCUT2D eigenvalue weighted by atomic mass is 9.77. The third-order valence-corrected chi connectivity index (χ3v) is 15.0. The number of hydrogen-bond donors (Lipinski definition) is 6. The van der Waals surface area contributed by atoms with Crippen LogP contribution in [0.4, 0.5) is 4.39 Å². The lowest BCUT2D eigenvalue weighted by molar-refractivity contribution is -0.310. The molecule has 3 saturated heterocycles. The van der Waals surface area contributed by atoms with Crippen LogP contribution in [0, 0.1) is 17.8 Å². The fourth-order valence-corrected chi connectivity index (χ4v) is 10.7. The number of rotatable bonds is 17. The summed E-state index contributed by atoms with van der Waals surface area (Å²) in [6.07, 6.45) is 0.0190. The molecular formula is C50H94FN5O11. The summed E-state index contributed by atoms with van der Waals surface area (Å²) >= 11 is 0. The summed E-state index contributed by atoms with van der Waals surface area (Å²) in [5.41, 5.74) is 3.96. The van der Waals surface area contributed by atoms with Crippen molar-refractivity contribution in [3.63, 3.8) is 0 Å². The first-order valence-electron chi connectivity index (χ1n) is 24.9. The van der Waals surface area contributed by atoms with Gasteiger partial charge in [0.15, 0.2) is 12.6 Å². The van der Waals surface area contributed by atoms with E-state index in [-0.39, 0.29) is 37.0 Å². The van der Waals surface area contributed by atoms with Crippen LogP contribution in [-0.4, -0.2) is 172 Å². The fourth-order valence-electron chi connectivity index (χ4n) is 10.7. The van der Waals surface area contributed by atoms with Gasteiger partial charge in [-0.1, -0.05) is 32.4 Å². The maximum atomic E-state index is 14.4. The SMILES string of the molecule is C/C=C(\C)C[C@@H](CF)N(N)/C=C(\N)CCCCN(C)[C@H]1C[C@@H](C)O[C@@H](O[C@@H]2[C@@H](C)[C@H](O[C@H]3C[C@@](C)(OC)C[C@H](C)O3)[C@@H](C)C(=O)O[C@H](CC)[C@@](C)(O)[C@H](O)[C@@H](C)N(C)C[C@H](C)C[C@@]2(C)O)[C@@H]1O. The topological polar surface area (TPSA) is 215 Å². The van der Waals surface area contributed by atoms with E-state index in [1.54, 1.807) is 34.1 Å². The molecule has 8 N–H and O–H groups in total. The molecule has 0 aromatic rings. The van der Waals surface area contributed by atoms with Gasteiger partial charge < -0.3 is 69.4 Å². The quantitative estimate of drug-likeness (QED) is 0.0366. The first-order valence-corrected chi connectivity index (χ1v) is 24.9. The predicted octanol–water partition coefficient (Wildman–Crippen LogP) is 5.14. The number of hydrazine groups is 1. The Bertz CT molecular complexity index is 1580. The lowest BCUT2D eigenvalue weighted by Crippen LogP contribution is -2.60. The van der Waals surface area contributed by atoms with Crippen LogP contribution in [-0.2, 0) is 33.2 Å². The van der Waals surface area contributed by atoms with Crippen molar-refractivity contribution in [1.82, 2.24) is 14.8 Å². The summed E-state index contributed by atoms with van der Waals surface area (Å²) < 4.78 is 52.4. The van der Waals surface area contributed by atoms with E-state index in [1.807, 2.05) is 80.5 Å². The largest absolute Gasteiger partial charge is 0.459 e. The predicted molar refractivity (Wildman–Crippen MR) is 258 cm³/mol. The van der Waals surface area contributed by atoms with Crippen LogP contribution in [0.3, 0.4) is 0 Å². The third-order valence-electron chi connectivity index (χ3n) is 15.0. The van der Waals surface area contributed by atoms with E-state index >= 15 is 0 Å². The van der Waals surface area contributed by atoms with Crippen LogP contribution in [0.2, 0.25) is 0 Å². The van der Waals surface area contributed by atoms with Crippen LogP contribution >= 0.6 is 0 Å². The van der Waals surface area contributed by atoms with Gasteiger partial charge in [0.1, 0.15) is 30.6 Å². The number of hydrogen-bond acceptors (Lipinski definition) is 16. The Morgan fingerprint density at radius 2 is 1.69 bits per heavy atom. The molecule has 0 bridgehead atoms. The number of cyclic esters (lactones) is 1. The zero-order valence-electron chi connectivity index (χ0n) is 43.8. The summed E-state index contributed by atoms with van der Waals surface area (Å²) in [5, 5.41) is 49.8. The number of alkyl halides is 1. The standard InChI is InChI=1S/C50H94FN5O11/c1-16-30(3)22-38(27-51)56(53)29-37(52)20-18-19-21-54(13)39-23-32(5)64-47(42(39)57)67-45-34(7)43(66-41-26-48(10,62-15)25-33(6)63-41)35(8)46(59)65-40(17-2)50(12,61)44(58)36(9)55(14)28-31(4)24-49(45,11)60/h16,29,31-36,38-45,47,57-58,60-61H,17-28,52-53H2,1-15H3/b30-16+,37-29-/t31-,32-,33+,34+,35-,36-,38+,39+,40-,41+,42-,43+,44-,45-,47+,48+,49-,50-/m1/s1. The van der Waals surface area contributed by atoms with E-state index in [1.165, 1.54) is 11.9 Å². The number of unbranched alkanes of at least 4 members (excludes halogenated alkanes) is 1. The Kier molecular flexibility index (Phi) is 22.9. The van der Waals surface area contributed by atoms with Gasteiger partial charge in [0.2, 0.25) is 0 Å². The highest BCUT2D eigenvalue weighted by molar-refractivity contribution is 5.73. The normalized spacial score (nSPS) is 41.1. The lowest BCUT2D eigenvalue weighted by Gasteiger charge is -2.48. The van der Waals surface area contributed by atoms with Crippen molar-refractivity contribution in [2.75, 3.05) is 41.0 Å². The molecule has 392 valence electrons. The van der Waals surface area contributed by atoms with Crippen molar-refractivity contribution < 1.29 is 58.0 Å². The van der Waals surface area contributed by atoms with Crippen LogP contribution < -0.4 is 11.6 Å². The number of halogens is 1. The van der Waals surface area contributed by atoms with Crippen molar-refractivity contribution in [2.24, 2.45) is 29.3 Å². The second-order valence-electron chi connectivity index (χ2n) is 21.4. The average Bonchev–Trinajstić information content (AvgIpc) is 3.25. The molecule has 18 atom stereocenters. The number of aliphatic hydroxyl groups is 4. The molecule has 0 amide bonds. The molecule has 16 nitrogen and oxygen atoms in total. The summed E-state index contributed by atoms with van der Waals surface area (Å²) in [4.78, 5) is 18.5. The van der Waals surface area contributed by atoms with Gasteiger partial charge in [0.05, 0.1) is 47.6 Å². The number of carbonyl (C=O) groups is 1. The number of ether oxygens (including phenoxy) is 6. The van der Waals surface area contributed by atoms with Crippen LogP contribution in [0.1, 0.15) is 141 Å². The van der Waals surface area contributed by atoms with Crippen LogP contribution in [0.5, 0.6) is 0 Å². The van der Waals surface area contributed by atoms with E-state index in [9.17, 15) is 29.6 Å². The fraction of sp³-hybridized carbons (Fsp3) is 0.900. The van der Waals surface area contributed by atoms with Gasteiger partial charge >= 0.3 is 5.97 Å². The van der Waals surface area contributed by atoms with Gasteiger partial charge in [-0.25, -0.2) is 10.2 Å². The Labute approximate surface area is 402 Å². The zero-order valence-corrected chi connectivity index (χ0v) is 43.8. The first-order chi connectivity index (χ1) is 31.1. The molecule has 0 radical (unpaired) electrons. The monoisotopic (exact) mass is 960 g/mol. The van der Waals surface area contributed by atoms with Crippen LogP contribution in [0.15, 0.2) is 23.5 Å². The Balaban J connectivity index is 1.98. The molecular weight excluding hydrogens is 866 g/mol. The number of likely N-dealkylation sites (N-methyl/N-ethyl adjacent to an activating group) is 2. The van der Waals surface area contributed by atoms with E-state index < -0.39 is 96.5 Å². The number of carbonyl (C=O) groups excluding carboxylic acids is 1. The highest BCUT2D eigenvalue weighted by atomic mass is 19.1. The van der Waals surface area contributed by atoms with Gasteiger partial charge in [-0.05, 0) is 134 Å². The number of allylic oxidation sites excluding steroid dienone is 2. The molecule has 0 aromatic heterocycles. The van der Waals surface area contributed by atoms with Crippen molar-refractivity contribution in [3.8, 4) is 0 Å². The van der Waals surface area contributed by atoms with E-state index in [0.717, 1.165) is 18.4 Å². The highest BCUT2D eigenvalue weighted by Crippen LogP contribution is 2.40. The number of methoxy groups -OCH3 is 1. The molecule has 0 aromatic carbocycles. The van der Waals surface area contributed by atoms with Gasteiger partial charge in [-0.3, -0.25) is 4.79 Å². The van der Waals surface area contributed by atoms with E-state index in [2.05, 4.69) is 4.90 Å². The van der Waals surface area contributed by atoms with Crippen molar-refractivity contribution in [1.29, 1.82) is 0 Å². The molecule has 3 heterocycles. The Morgan fingerprint density at radius 3 is 2.28 bits per heavy atom. The Morgan fingerprint density at radius 1 is 1.03 bits per heavy atom. The number of esters is 1. The molecule has 0 unspecified atom stereocenters. The number of aliphatic hydroxyl groups excluding tert-OH is 2. The summed E-state index contributed by atoms with van der Waals surface area (Å²) in [7, 11) is 5.45. The third kappa shape index (κ3) is 16.3. The number of nitrogens with two attached hydrogens (primary N) is 2. The maximum absolute atomic E-state index is 14.4. The first kappa shape index (κ1) is 59.3. The smallest absolute Gasteiger partial charge is 0.311 e. The zero-order chi connectivity index (χ0) is 50.8. The minimum absolute atomic E-state index is 0.163. The Hall–Kier alpha value is -2.00. The average molecular weight is 960 g/mol. The van der Waals surface area contributed by atoms with Gasteiger partial charge in [0.25, 0.3) is 0 Å². The second-order valence-corrected chi connectivity index (χ2v) is 21.4. The summed E-state index contributed by atoms with van der Waals surface area (Å²) in [6, 6.07) is -1.42. The molecule has 0 aliphatic carbocycles. The molecule has 3 aliphatic heterocycles. The highest BCUT2D eigenvalue weighted by Gasteiger charge is 2.52. The van der Waals surface area contributed by atoms with Gasteiger partial charge in [-0.2, -0.15) is 0 Å². The number of nitrogens with zero attached hydrogens (tertiary/aromatic N) is 3. The van der Waals surface area contributed by atoms with E-state index in [4.69, 9.17) is 40.0 Å². The minimum atomic E-state index is -1.81. The summed E-state index contributed by atoms with van der Waals surface area (Å²) in [6.45, 7) is 22.5. The molecule has 0 spiro atoms. The van der Waals surface area contributed by atoms with Gasteiger partial charge in [-0.15, -0.1) is 0 Å². The molecule has 3 aliphatic rings. The molecule has 3 rings (SSSR count). The van der Waals surface area contributed by atoms with Crippen molar-refractivity contribution >= 4 is 5.97 Å². The second kappa shape index (κ2) is 25.9. The molecule has 3 fully saturated rings. The minimum Gasteiger partial charge on any atom is -0.459 e. The van der Waals surface area contributed by atoms with Gasteiger partial charge in [0, 0.05) is 56.4 Å². The van der Waals surface area contributed by atoms with Crippen molar-refractivity contribution in [3.05, 3.63) is 23.5 Å². The molecule has 67 heavy (non-hydrogen) atoms. The van der Waals surface area contributed by atoms with E-state index in [0.29, 0.717) is 50.9 Å². The maximum Gasteiger partial charge on any atom is 0.311 e.